The number of ether oxygens (including phenoxy) is 1. The molecule has 2 aliphatic rings. The minimum Gasteiger partial charge on any atom is -0.403 e. The van der Waals surface area contributed by atoms with E-state index in [4.69, 9.17) is 9.15 Å². The number of morpholine rings is 1. The van der Waals surface area contributed by atoms with E-state index in [1.165, 1.54) is 12.5 Å². The number of hydrogen-bond acceptors (Lipinski definition) is 7. The van der Waals surface area contributed by atoms with E-state index in [9.17, 15) is 9.18 Å². The van der Waals surface area contributed by atoms with Crippen LogP contribution in [0.25, 0.3) is 11.5 Å². The number of aromatic nitrogens is 2. The first kappa shape index (κ1) is 21.7. The Morgan fingerprint density at radius 2 is 1.97 bits per heavy atom. The molecule has 0 unspecified atom stereocenters. The van der Waals surface area contributed by atoms with Gasteiger partial charge in [0.15, 0.2) is 0 Å². The molecule has 1 aromatic carbocycles. The van der Waals surface area contributed by atoms with Crippen LogP contribution in [-0.2, 0) is 9.53 Å². The second kappa shape index (κ2) is 10.7. The average molecular weight is 432 g/mol. The lowest BCUT2D eigenvalue weighted by molar-refractivity contribution is -0.120. The molecule has 0 atom stereocenters. The third-order valence-corrected chi connectivity index (χ3v) is 5.90. The van der Waals surface area contributed by atoms with Crippen LogP contribution < -0.4 is 10.6 Å². The number of nitrogens with zero attached hydrogens (tertiary/aromatic N) is 3. The maximum absolute atomic E-state index is 14.6. The van der Waals surface area contributed by atoms with Crippen molar-refractivity contribution in [1.29, 1.82) is 0 Å². The lowest BCUT2D eigenvalue weighted by atomic mass is 9.88. The first-order valence-electron chi connectivity index (χ1n) is 11.2. The van der Waals surface area contributed by atoms with Gasteiger partial charge in [-0.05, 0) is 44.0 Å². The third-order valence-electron chi connectivity index (χ3n) is 5.90. The molecule has 2 heterocycles. The zero-order chi connectivity index (χ0) is 21.5. The van der Waals surface area contributed by atoms with Crippen LogP contribution in [-0.4, -0.2) is 60.4 Å². The highest BCUT2D eigenvalue weighted by Gasteiger charge is 2.22. The molecule has 31 heavy (non-hydrogen) atoms. The molecule has 2 fully saturated rings. The average Bonchev–Trinajstić information content (AvgIpc) is 3.27. The summed E-state index contributed by atoms with van der Waals surface area (Å²) in [4.78, 5) is 14.7. The van der Waals surface area contributed by atoms with E-state index in [1.54, 1.807) is 12.1 Å². The van der Waals surface area contributed by atoms with Gasteiger partial charge in [-0.25, -0.2) is 4.39 Å². The number of carbonyl (C=O) groups is 1. The largest absolute Gasteiger partial charge is 0.403 e. The standard InChI is InChI=1S/C22H30FN5O3/c23-19-15-17(25-20(29)16-5-2-1-3-6-16)7-8-18(19)21-26-27-22(31-21)24-9-4-10-28-11-13-30-14-12-28/h7-8,15-16H,1-6,9-14H2,(H,24,27)(H,25,29). The van der Waals surface area contributed by atoms with Gasteiger partial charge in [0.25, 0.3) is 5.89 Å². The number of amides is 1. The Morgan fingerprint density at radius 3 is 2.74 bits per heavy atom. The summed E-state index contributed by atoms with van der Waals surface area (Å²) >= 11 is 0. The fraction of sp³-hybridized carbons (Fsp3) is 0.591. The van der Waals surface area contributed by atoms with Crippen molar-refractivity contribution in [3.8, 4) is 11.5 Å². The van der Waals surface area contributed by atoms with Crippen LogP contribution in [0.15, 0.2) is 22.6 Å². The van der Waals surface area contributed by atoms with E-state index < -0.39 is 5.82 Å². The minimum absolute atomic E-state index is 0.0179. The van der Waals surface area contributed by atoms with Crippen LogP contribution in [0.2, 0.25) is 0 Å². The quantitative estimate of drug-likeness (QED) is 0.618. The van der Waals surface area contributed by atoms with Crippen molar-refractivity contribution in [3.63, 3.8) is 0 Å². The van der Waals surface area contributed by atoms with Gasteiger partial charge in [-0.2, -0.15) is 0 Å². The first-order chi connectivity index (χ1) is 15.2. The van der Waals surface area contributed by atoms with Gasteiger partial charge in [0.2, 0.25) is 5.91 Å². The predicted molar refractivity (Wildman–Crippen MR) is 115 cm³/mol. The molecule has 1 saturated carbocycles. The molecule has 0 spiro atoms. The highest BCUT2D eigenvalue weighted by molar-refractivity contribution is 5.92. The summed E-state index contributed by atoms with van der Waals surface area (Å²) in [6.07, 6.45) is 6.06. The Labute approximate surface area is 181 Å². The van der Waals surface area contributed by atoms with Crippen molar-refractivity contribution in [2.24, 2.45) is 5.92 Å². The SMILES string of the molecule is O=C(Nc1ccc(-c2nnc(NCCCN3CCOCC3)o2)c(F)c1)C1CCCCC1. The second-order valence-electron chi connectivity index (χ2n) is 8.17. The van der Waals surface area contributed by atoms with Gasteiger partial charge in [-0.1, -0.05) is 24.4 Å². The summed E-state index contributed by atoms with van der Waals surface area (Å²) in [7, 11) is 0. The van der Waals surface area contributed by atoms with E-state index in [0.717, 1.165) is 65.0 Å². The van der Waals surface area contributed by atoms with E-state index in [2.05, 4.69) is 25.7 Å². The summed E-state index contributed by atoms with van der Waals surface area (Å²) in [5.74, 6) is -0.417. The van der Waals surface area contributed by atoms with Crippen molar-refractivity contribution >= 4 is 17.6 Å². The van der Waals surface area contributed by atoms with Crippen LogP contribution >= 0.6 is 0 Å². The molecule has 9 heteroatoms. The van der Waals surface area contributed by atoms with Crippen LogP contribution in [0.4, 0.5) is 16.1 Å². The molecule has 1 saturated heterocycles. The van der Waals surface area contributed by atoms with Gasteiger partial charge in [0, 0.05) is 31.2 Å². The second-order valence-corrected chi connectivity index (χ2v) is 8.17. The molecule has 1 aliphatic heterocycles. The van der Waals surface area contributed by atoms with Gasteiger partial charge in [-0.3, -0.25) is 9.69 Å². The highest BCUT2D eigenvalue weighted by atomic mass is 19.1. The van der Waals surface area contributed by atoms with Crippen LogP contribution in [0.1, 0.15) is 38.5 Å². The Morgan fingerprint density at radius 1 is 1.16 bits per heavy atom. The Kier molecular flexibility index (Phi) is 7.48. The molecule has 168 valence electrons. The van der Waals surface area contributed by atoms with Crippen molar-refractivity contribution < 1.29 is 18.3 Å². The minimum atomic E-state index is -0.510. The Balaban J connectivity index is 1.28. The number of benzene rings is 1. The number of nitrogens with one attached hydrogen (secondary N) is 2. The molecule has 1 aromatic heterocycles. The summed E-state index contributed by atoms with van der Waals surface area (Å²) in [5, 5.41) is 13.8. The lowest BCUT2D eigenvalue weighted by Gasteiger charge is -2.26. The van der Waals surface area contributed by atoms with Crippen molar-refractivity contribution in [1.82, 2.24) is 15.1 Å². The molecular weight excluding hydrogens is 401 g/mol. The molecular formula is C22H30FN5O3. The summed E-state index contributed by atoms with van der Waals surface area (Å²) in [6.45, 7) is 5.15. The van der Waals surface area contributed by atoms with Gasteiger partial charge >= 0.3 is 6.01 Å². The molecule has 2 aromatic rings. The zero-order valence-electron chi connectivity index (χ0n) is 17.7. The predicted octanol–water partition coefficient (Wildman–Crippen LogP) is 3.53. The third kappa shape index (κ3) is 6.01. The lowest BCUT2D eigenvalue weighted by Crippen LogP contribution is -2.37. The summed E-state index contributed by atoms with van der Waals surface area (Å²) in [6, 6.07) is 4.79. The molecule has 1 amide bonds. The van der Waals surface area contributed by atoms with E-state index in [1.807, 2.05) is 0 Å². The summed E-state index contributed by atoms with van der Waals surface area (Å²) in [5.41, 5.74) is 0.655. The Hall–Kier alpha value is -2.52. The maximum atomic E-state index is 14.6. The number of anilines is 2. The van der Waals surface area contributed by atoms with Gasteiger partial charge in [-0.15, -0.1) is 5.10 Å². The highest BCUT2D eigenvalue weighted by Crippen LogP contribution is 2.28. The Bertz CT molecular complexity index is 863. The van der Waals surface area contributed by atoms with Gasteiger partial charge in [0.05, 0.1) is 18.8 Å². The number of rotatable bonds is 8. The van der Waals surface area contributed by atoms with Crippen LogP contribution in [0.3, 0.4) is 0 Å². The van der Waals surface area contributed by atoms with E-state index in [-0.39, 0.29) is 29.3 Å². The molecule has 2 N–H and O–H groups in total. The summed E-state index contributed by atoms with van der Waals surface area (Å²) < 4.78 is 25.5. The zero-order valence-corrected chi connectivity index (χ0v) is 17.7. The number of hydrogen-bond donors (Lipinski definition) is 2. The van der Waals surface area contributed by atoms with E-state index in [0.29, 0.717) is 12.2 Å². The number of carbonyl (C=O) groups excluding carboxylic acids is 1. The molecule has 4 rings (SSSR count). The fourth-order valence-corrected chi connectivity index (χ4v) is 4.10. The molecule has 0 radical (unpaired) electrons. The first-order valence-corrected chi connectivity index (χ1v) is 11.2. The molecule has 1 aliphatic carbocycles. The van der Waals surface area contributed by atoms with Crippen LogP contribution in [0.5, 0.6) is 0 Å². The van der Waals surface area contributed by atoms with E-state index >= 15 is 0 Å². The fourth-order valence-electron chi connectivity index (χ4n) is 4.10. The number of halogens is 1. The molecule has 8 nitrogen and oxygen atoms in total. The van der Waals surface area contributed by atoms with Gasteiger partial charge < -0.3 is 19.8 Å². The topological polar surface area (TPSA) is 92.5 Å². The monoisotopic (exact) mass is 431 g/mol. The van der Waals surface area contributed by atoms with Crippen molar-refractivity contribution in [3.05, 3.63) is 24.0 Å². The van der Waals surface area contributed by atoms with Crippen LogP contribution in [0, 0.1) is 11.7 Å². The molecule has 0 bridgehead atoms. The van der Waals surface area contributed by atoms with Gasteiger partial charge in [0.1, 0.15) is 5.82 Å². The normalized spacial score (nSPS) is 18.1. The van der Waals surface area contributed by atoms with Crippen molar-refractivity contribution in [2.45, 2.75) is 38.5 Å². The maximum Gasteiger partial charge on any atom is 0.315 e. The van der Waals surface area contributed by atoms with Crippen molar-refractivity contribution in [2.75, 3.05) is 50.0 Å². The smallest absolute Gasteiger partial charge is 0.315 e.